The van der Waals surface area contributed by atoms with E-state index in [0.29, 0.717) is 32.5 Å². The SMILES string of the molecule is CCOC(=O)CCC1(O)CCOC(C)(C)C1. The Morgan fingerprint density at radius 3 is 2.75 bits per heavy atom. The van der Waals surface area contributed by atoms with Crippen molar-refractivity contribution < 1.29 is 19.4 Å². The van der Waals surface area contributed by atoms with Crippen molar-refractivity contribution in [3.05, 3.63) is 0 Å². The molecule has 0 saturated carbocycles. The van der Waals surface area contributed by atoms with Crippen LogP contribution in [0.25, 0.3) is 0 Å². The Morgan fingerprint density at radius 2 is 2.19 bits per heavy atom. The van der Waals surface area contributed by atoms with Crippen molar-refractivity contribution in [2.24, 2.45) is 0 Å². The van der Waals surface area contributed by atoms with Crippen LogP contribution in [0.4, 0.5) is 0 Å². The molecule has 0 aromatic rings. The van der Waals surface area contributed by atoms with Crippen LogP contribution in [-0.4, -0.2) is 35.5 Å². The lowest BCUT2D eigenvalue weighted by Gasteiger charge is -2.41. The smallest absolute Gasteiger partial charge is 0.305 e. The number of rotatable bonds is 4. The summed E-state index contributed by atoms with van der Waals surface area (Å²) in [5.41, 5.74) is -1.09. The van der Waals surface area contributed by atoms with Crippen LogP contribution in [0.3, 0.4) is 0 Å². The molecular formula is C12H22O4. The molecule has 4 nitrogen and oxygen atoms in total. The molecular weight excluding hydrogens is 208 g/mol. The highest BCUT2D eigenvalue weighted by atomic mass is 16.5. The van der Waals surface area contributed by atoms with Crippen molar-refractivity contribution in [1.82, 2.24) is 0 Å². The quantitative estimate of drug-likeness (QED) is 0.746. The van der Waals surface area contributed by atoms with Gasteiger partial charge in [-0.1, -0.05) is 0 Å². The van der Waals surface area contributed by atoms with Gasteiger partial charge in [0.05, 0.1) is 24.4 Å². The fourth-order valence-corrected chi connectivity index (χ4v) is 2.23. The maximum absolute atomic E-state index is 11.2. The molecule has 1 fully saturated rings. The monoisotopic (exact) mass is 230 g/mol. The largest absolute Gasteiger partial charge is 0.466 e. The topological polar surface area (TPSA) is 55.8 Å². The van der Waals surface area contributed by atoms with Crippen molar-refractivity contribution in [3.8, 4) is 0 Å². The molecule has 1 unspecified atom stereocenters. The third-order valence-electron chi connectivity index (χ3n) is 2.91. The third-order valence-corrected chi connectivity index (χ3v) is 2.91. The Balaban J connectivity index is 2.42. The third kappa shape index (κ3) is 4.10. The molecule has 0 spiro atoms. The Hall–Kier alpha value is -0.610. The summed E-state index contributed by atoms with van der Waals surface area (Å²) in [4.78, 5) is 11.2. The van der Waals surface area contributed by atoms with Gasteiger partial charge in [0.1, 0.15) is 0 Å². The van der Waals surface area contributed by atoms with Gasteiger partial charge >= 0.3 is 5.97 Å². The number of esters is 1. The number of carbonyl (C=O) groups excluding carboxylic acids is 1. The summed E-state index contributed by atoms with van der Waals surface area (Å²) in [5.74, 6) is -0.236. The molecule has 4 heteroatoms. The molecule has 1 rings (SSSR count). The zero-order valence-corrected chi connectivity index (χ0v) is 10.4. The van der Waals surface area contributed by atoms with Gasteiger partial charge < -0.3 is 14.6 Å². The molecule has 16 heavy (non-hydrogen) atoms. The molecule has 1 N–H and O–H groups in total. The summed E-state index contributed by atoms with van der Waals surface area (Å²) in [6.07, 6.45) is 1.90. The van der Waals surface area contributed by atoms with Crippen molar-refractivity contribution >= 4 is 5.97 Å². The van der Waals surface area contributed by atoms with Gasteiger partial charge in [0, 0.05) is 12.8 Å². The van der Waals surface area contributed by atoms with Crippen LogP contribution >= 0.6 is 0 Å². The van der Waals surface area contributed by atoms with Gasteiger partial charge in [0.2, 0.25) is 0 Å². The van der Waals surface area contributed by atoms with E-state index in [1.807, 2.05) is 13.8 Å². The maximum Gasteiger partial charge on any atom is 0.305 e. The zero-order chi connectivity index (χ0) is 12.2. The summed E-state index contributed by atoms with van der Waals surface area (Å²) in [7, 11) is 0. The van der Waals surface area contributed by atoms with Crippen molar-refractivity contribution in [3.63, 3.8) is 0 Å². The second-order valence-electron chi connectivity index (χ2n) is 5.06. The van der Waals surface area contributed by atoms with Gasteiger partial charge in [-0.3, -0.25) is 4.79 Å². The lowest BCUT2D eigenvalue weighted by Crippen LogP contribution is -2.46. The second kappa shape index (κ2) is 5.15. The number of ether oxygens (including phenoxy) is 2. The average Bonchev–Trinajstić information content (AvgIpc) is 2.13. The summed E-state index contributed by atoms with van der Waals surface area (Å²) >= 11 is 0. The van der Waals surface area contributed by atoms with Gasteiger partial charge in [-0.05, 0) is 33.6 Å². The van der Waals surface area contributed by atoms with E-state index in [9.17, 15) is 9.90 Å². The molecule has 1 atom stereocenters. The Labute approximate surface area is 96.9 Å². The Kier molecular flexibility index (Phi) is 4.33. The highest BCUT2D eigenvalue weighted by molar-refractivity contribution is 5.69. The zero-order valence-electron chi connectivity index (χ0n) is 10.4. The van der Waals surface area contributed by atoms with Crippen LogP contribution in [0.1, 0.15) is 46.5 Å². The van der Waals surface area contributed by atoms with Crippen LogP contribution in [0.5, 0.6) is 0 Å². The molecule has 0 aromatic carbocycles. The molecule has 1 aliphatic heterocycles. The first-order valence-corrected chi connectivity index (χ1v) is 5.89. The van der Waals surface area contributed by atoms with E-state index in [2.05, 4.69) is 0 Å². The van der Waals surface area contributed by atoms with Crippen LogP contribution in [0.15, 0.2) is 0 Å². The van der Waals surface area contributed by atoms with E-state index >= 15 is 0 Å². The molecule has 0 aromatic heterocycles. The predicted molar refractivity (Wildman–Crippen MR) is 60.1 cm³/mol. The molecule has 0 radical (unpaired) electrons. The minimum atomic E-state index is -0.783. The fourth-order valence-electron chi connectivity index (χ4n) is 2.23. The first-order valence-electron chi connectivity index (χ1n) is 5.89. The van der Waals surface area contributed by atoms with Crippen LogP contribution < -0.4 is 0 Å². The second-order valence-corrected chi connectivity index (χ2v) is 5.06. The van der Waals surface area contributed by atoms with E-state index in [0.717, 1.165) is 0 Å². The highest BCUT2D eigenvalue weighted by Gasteiger charge is 2.39. The Bertz CT molecular complexity index is 249. The van der Waals surface area contributed by atoms with Crippen molar-refractivity contribution in [2.45, 2.75) is 57.7 Å². The molecule has 0 amide bonds. The van der Waals surface area contributed by atoms with Gasteiger partial charge in [0.15, 0.2) is 0 Å². The van der Waals surface area contributed by atoms with Crippen molar-refractivity contribution in [2.75, 3.05) is 13.2 Å². The van der Waals surface area contributed by atoms with Gasteiger partial charge in [0.25, 0.3) is 0 Å². The van der Waals surface area contributed by atoms with Gasteiger partial charge in [-0.2, -0.15) is 0 Å². The molecule has 1 heterocycles. The molecule has 0 bridgehead atoms. The van der Waals surface area contributed by atoms with E-state index < -0.39 is 5.60 Å². The summed E-state index contributed by atoms with van der Waals surface area (Å²) < 4.78 is 10.4. The lowest BCUT2D eigenvalue weighted by molar-refractivity contribution is -0.157. The molecule has 0 aliphatic carbocycles. The summed E-state index contributed by atoms with van der Waals surface area (Å²) in [6, 6.07) is 0. The summed E-state index contributed by atoms with van der Waals surface area (Å²) in [5, 5.41) is 10.3. The fraction of sp³-hybridized carbons (Fsp3) is 0.917. The van der Waals surface area contributed by atoms with Crippen LogP contribution in [0, 0.1) is 0 Å². The number of hydrogen-bond donors (Lipinski definition) is 1. The average molecular weight is 230 g/mol. The van der Waals surface area contributed by atoms with E-state index in [-0.39, 0.29) is 18.0 Å². The standard InChI is InChI=1S/C12H22O4/c1-4-15-10(13)5-6-12(14)7-8-16-11(2,3)9-12/h14H,4-9H2,1-3H3. The maximum atomic E-state index is 11.2. The predicted octanol–water partition coefficient (Wildman–Crippen LogP) is 1.65. The minimum absolute atomic E-state index is 0.236. The van der Waals surface area contributed by atoms with E-state index in [1.165, 1.54) is 0 Å². The van der Waals surface area contributed by atoms with Gasteiger partial charge in [-0.25, -0.2) is 0 Å². The first kappa shape index (κ1) is 13.5. The normalized spacial score (nSPS) is 28.8. The number of hydrogen-bond acceptors (Lipinski definition) is 4. The van der Waals surface area contributed by atoms with E-state index in [1.54, 1.807) is 6.92 Å². The first-order chi connectivity index (χ1) is 7.37. The Morgan fingerprint density at radius 1 is 1.50 bits per heavy atom. The van der Waals surface area contributed by atoms with Crippen LogP contribution in [-0.2, 0) is 14.3 Å². The number of aliphatic hydroxyl groups is 1. The lowest BCUT2D eigenvalue weighted by atomic mass is 9.81. The molecule has 94 valence electrons. The molecule has 1 saturated heterocycles. The highest BCUT2D eigenvalue weighted by Crippen LogP contribution is 2.34. The molecule has 1 aliphatic rings. The van der Waals surface area contributed by atoms with Crippen molar-refractivity contribution in [1.29, 1.82) is 0 Å². The summed E-state index contributed by atoms with van der Waals surface area (Å²) in [6.45, 7) is 6.64. The van der Waals surface area contributed by atoms with Gasteiger partial charge in [-0.15, -0.1) is 0 Å². The minimum Gasteiger partial charge on any atom is -0.466 e. The van der Waals surface area contributed by atoms with Crippen LogP contribution in [0.2, 0.25) is 0 Å². The van der Waals surface area contributed by atoms with E-state index in [4.69, 9.17) is 9.47 Å². The number of carbonyl (C=O) groups is 1.